The molecule has 0 aliphatic heterocycles. The van der Waals surface area contributed by atoms with Crippen LogP contribution in [0.4, 0.5) is 0 Å². The van der Waals surface area contributed by atoms with Gasteiger partial charge in [0.1, 0.15) is 0 Å². The number of Topliss-reactive ketones (excluding diaryl/α,β-unsaturated/α-hetero) is 2. The number of rotatable bonds is 1. The highest BCUT2D eigenvalue weighted by Gasteiger charge is 2.00. The Morgan fingerprint density at radius 2 is 1.09 bits per heavy atom. The maximum atomic E-state index is 9.79. The third kappa shape index (κ3) is 44.1. The van der Waals surface area contributed by atoms with Crippen molar-refractivity contribution < 1.29 is 28.8 Å². The zero-order valence-corrected chi connectivity index (χ0v) is 6.91. The molecule has 0 rings (SSSR count). The standard InChI is InChI=1S/C4H6O2.H3O4P/c1-3(5)4(2)6;1-5(2,3)4/h1-2H3;(H3,1,2,3,4). The summed E-state index contributed by atoms with van der Waals surface area (Å²) in [4.78, 5) is 41.2. The van der Waals surface area contributed by atoms with E-state index in [0.29, 0.717) is 0 Å². The van der Waals surface area contributed by atoms with Crippen molar-refractivity contribution in [2.24, 2.45) is 0 Å². The number of hydrogen-bond donors (Lipinski definition) is 3. The van der Waals surface area contributed by atoms with E-state index in [-0.39, 0.29) is 11.6 Å². The lowest BCUT2D eigenvalue weighted by Gasteiger charge is -1.82. The third-order valence-electron chi connectivity index (χ3n) is 0.496. The van der Waals surface area contributed by atoms with Crippen LogP contribution in [0.1, 0.15) is 13.8 Å². The summed E-state index contributed by atoms with van der Waals surface area (Å²) in [5.74, 6) is -0.759. The monoisotopic (exact) mass is 184 g/mol. The van der Waals surface area contributed by atoms with Crippen LogP contribution in [-0.2, 0) is 14.2 Å². The Hall–Kier alpha value is -0.550. The topological polar surface area (TPSA) is 112 Å². The van der Waals surface area contributed by atoms with Gasteiger partial charge in [-0.2, -0.15) is 0 Å². The molecule has 0 aliphatic carbocycles. The molecule has 0 saturated heterocycles. The smallest absolute Gasteiger partial charge is 0.303 e. The minimum absolute atomic E-state index is 0.380. The molecule has 0 bridgehead atoms. The molecular formula is C4H9O6P. The van der Waals surface area contributed by atoms with E-state index in [1.807, 2.05) is 0 Å². The van der Waals surface area contributed by atoms with E-state index in [4.69, 9.17) is 19.2 Å². The summed E-state index contributed by atoms with van der Waals surface area (Å²) >= 11 is 0. The average molecular weight is 184 g/mol. The molecule has 11 heavy (non-hydrogen) atoms. The second-order valence-corrected chi connectivity index (χ2v) is 2.65. The molecule has 0 fully saturated rings. The molecular weight excluding hydrogens is 175 g/mol. The fraction of sp³-hybridized carbons (Fsp3) is 0.500. The maximum absolute atomic E-state index is 9.79. The van der Waals surface area contributed by atoms with Crippen molar-refractivity contribution in [3.63, 3.8) is 0 Å². The van der Waals surface area contributed by atoms with Gasteiger partial charge in [0.05, 0.1) is 0 Å². The Balaban J connectivity index is 0. The van der Waals surface area contributed by atoms with Gasteiger partial charge in [-0.1, -0.05) is 0 Å². The molecule has 0 amide bonds. The zero-order valence-electron chi connectivity index (χ0n) is 6.01. The van der Waals surface area contributed by atoms with Gasteiger partial charge in [0, 0.05) is 13.8 Å². The largest absolute Gasteiger partial charge is 0.466 e. The van der Waals surface area contributed by atoms with Crippen LogP contribution in [0.15, 0.2) is 0 Å². The van der Waals surface area contributed by atoms with Crippen LogP contribution < -0.4 is 0 Å². The number of phosphoric acid groups is 1. The van der Waals surface area contributed by atoms with E-state index in [1.54, 1.807) is 0 Å². The van der Waals surface area contributed by atoms with E-state index < -0.39 is 7.82 Å². The van der Waals surface area contributed by atoms with Crippen LogP contribution in [0.5, 0.6) is 0 Å². The van der Waals surface area contributed by atoms with E-state index in [9.17, 15) is 9.59 Å². The first-order valence-corrected chi connectivity index (χ1v) is 4.01. The summed E-state index contributed by atoms with van der Waals surface area (Å²) < 4.78 is 8.88. The molecule has 0 atom stereocenters. The predicted octanol–water partition coefficient (Wildman–Crippen LogP) is -0.764. The fourth-order valence-corrected chi connectivity index (χ4v) is 0. The third-order valence-corrected chi connectivity index (χ3v) is 0.496. The van der Waals surface area contributed by atoms with Crippen LogP contribution in [0.2, 0.25) is 0 Å². The Bertz CT molecular complexity index is 170. The van der Waals surface area contributed by atoms with Crippen molar-refractivity contribution in [2.75, 3.05) is 0 Å². The summed E-state index contributed by atoms with van der Waals surface area (Å²) in [6.07, 6.45) is 0. The normalized spacial score (nSPS) is 9.55. The molecule has 0 unspecified atom stereocenters. The summed E-state index contributed by atoms with van der Waals surface area (Å²) in [5.41, 5.74) is 0. The second kappa shape index (κ2) is 5.15. The van der Waals surface area contributed by atoms with Gasteiger partial charge in [-0.05, 0) is 0 Å². The van der Waals surface area contributed by atoms with Gasteiger partial charge in [0.25, 0.3) is 0 Å². The lowest BCUT2D eigenvalue weighted by Crippen LogP contribution is -2.01. The van der Waals surface area contributed by atoms with Crippen molar-refractivity contribution in [1.29, 1.82) is 0 Å². The quantitative estimate of drug-likeness (QED) is 0.364. The van der Waals surface area contributed by atoms with Crippen LogP contribution >= 0.6 is 7.82 Å². The van der Waals surface area contributed by atoms with Gasteiger partial charge < -0.3 is 14.7 Å². The lowest BCUT2D eigenvalue weighted by molar-refractivity contribution is -0.134. The molecule has 6 nitrogen and oxygen atoms in total. The van der Waals surface area contributed by atoms with Crippen molar-refractivity contribution in [3.8, 4) is 0 Å². The molecule has 66 valence electrons. The zero-order chi connectivity index (χ0) is 9.65. The summed E-state index contributed by atoms with van der Waals surface area (Å²) in [7, 11) is -4.64. The van der Waals surface area contributed by atoms with Gasteiger partial charge in [0.15, 0.2) is 11.6 Å². The number of carbonyl (C=O) groups is 2. The minimum Gasteiger partial charge on any atom is -0.303 e. The first-order chi connectivity index (χ1) is 4.64. The highest BCUT2D eigenvalue weighted by atomic mass is 31.2. The van der Waals surface area contributed by atoms with Gasteiger partial charge >= 0.3 is 7.82 Å². The molecule has 3 N–H and O–H groups in total. The van der Waals surface area contributed by atoms with Gasteiger partial charge in [-0.25, -0.2) is 4.57 Å². The van der Waals surface area contributed by atoms with Crippen molar-refractivity contribution >= 4 is 19.4 Å². The fourth-order valence-electron chi connectivity index (χ4n) is 0. The summed E-state index contributed by atoms with van der Waals surface area (Å²) in [6.45, 7) is 2.50. The van der Waals surface area contributed by atoms with Gasteiger partial charge in [-0.3, -0.25) is 9.59 Å². The minimum atomic E-state index is -4.64. The number of hydrogen-bond acceptors (Lipinski definition) is 3. The van der Waals surface area contributed by atoms with Gasteiger partial charge in [-0.15, -0.1) is 0 Å². The Kier molecular flexibility index (Phi) is 6.12. The molecule has 0 heterocycles. The number of carbonyl (C=O) groups excluding carboxylic acids is 2. The van der Waals surface area contributed by atoms with Crippen LogP contribution in [0, 0.1) is 0 Å². The summed E-state index contributed by atoms with van der Waals surface area (Å²) in [5, 5.41) is 0. The predicted molar refractivity (Wildman–Crippen MR) is 35.6 cm³/mol. The Labute approximate surface area is 63.1 Å². The lowest BCUT2D eigenvalue weighted by atomic mass is 10.3. The first-order valence-electron chi connectivity index (χ1n) is 2.44. The van der Waals surface area contributed by atoms with Gasteiger partial charge in [0.2, 0.25) is 0 Å². The second-order valence-electron chi connectivity index (χ2n) is 1.63. The van der Waals surface area contributed by atoms with Crippen molar-refractivity contribution in [2.45, 2.75) is 13.8 Å². The molecule has 0 spiro atoms. The van der Waals surface area contributed by atoms with E-state index in [1.165, 1.54) is 13.8 Å². The molecule has 0 aromatic heterocycles. The Morgan fingerprint density at radius 3 is 1.09 bits per heavy atom. The first kappa shape index (κ1) is 13.1. The Morgan fingerprint density at radius 1 is 1.00 bits per heavy atom. The van der Waals surface area contributed by atoms with Crippen LogP contribution in [-0.4, -0.2) is 26.2 Å². The maximum Gasteiger partial charge on any atom is 0.466 e. The molecule has 0 saturated carbocycles. The molecule has 0 radical (unpaired) electrons. The summed E-state index contributed by atoms with van der Waals surface area (Å²) in [6, 6.07) is 0. The van der Waals surface area contributed by atoms with Crippen molar-refractivity contribution in [3.05, 3.63) is 0 Å². The van der Waals surface area contributed by atoms with E-state index in [2.05, 4.69) is 0 Å². The highest BCUT2D eigenvalue weighted by Crippen LogP contribution is 2.25. The molecule has 7 heteroatoms. The highest BCUT2D eigenvalue weighted by molar-refractivity contribution is 7.45. The molecule has 0 aromatic carbocycles. The van der Waals surface area contributed by atoms with E-state index >= 15 is 0 Å². The van der Waals surface area contributed by atoms with Crippen LogP contribution in [0.3, 0.4) is 0 Å². The van der Waals surface area contributed by atoms with E-state index in [0.717, 1.165) is 0 Å². The molecule has 0 aliphatic rings. The molecule has 0 aromatic rings. The van der Waals surface area contributed by atoms with Crippen molar-refractivity contribution in [1.82, 2.24) is 0 Å². The SMILES string of the molecule is CC(=O)C(C)=O.O=P(O)(O)O. The number of ketones is 2. The average Bonchev–Trinajstić information content (AvgIpc) is 1.59. The van der Waals surface area contributed by atoms with Crippen LogP contribution in [0.25, 0.3) is 0 Å².